The fraction of sp³-hybridized carbons (Fsp3) is 0.688. The number of rotatable bonds is 3. The molecule has 1 saturated heterocycles. The molecule has 0 bridgehead atoms. The van der Waals surface area contributed by atoms with Gasteiger partial charge in [-0.05, 0) is 52.3 Å². The highest BCUT2D eigenvalue weighted by Gasteiger charge is 2.32. The van der Waals surface area contributed by atoms with Crippen molar-refractivity contribution in [2.45, 2.75) is 45.7 Å². The first-order valence-corrected chi connectivity index (χ1v) is 7.47. The molecule has 2 heterocycles. The Kier molecular flexibility index (Phi) is 4.35. The van der Waals surface area contributed by atoms with Crippen molar-refractivity contribution in [2.75, 3.05) is 31.6 Å². The van der Waals surface area contributed by atoms with Crippen molar-refractivity contribution in [3.05, 3.63) is 23.4 Å². The second kappa shape index (κ2) is 5.70. The fourth-order valence-electron chi connectivity index (χ4n) is 2.86. The molecule has 4 nitrogen and oxygen atoms in total. The summed E-state index contributed by atoms with van der Waals surface area (Å²) in [6.45, 7) is 11.9. The number of piperazine rings is 1. The van der Waals surface area contributed by atoms with Crippen LogP contribution >= 0.6 is 0 Å². The van der Waals surface area contributed by atoms with Crippen LogP contribution in [0.4, 0.5) is 5.82 Å². The molecule has 0 spiro atoms. The predicted octanol–water partition coefficient (Wildman–Crippen LogP) is 1.81. The largest absolute Gasteiger partial charge is 0.353 e. The van der Waals surface area contributed by atoms with E-state index in [0.717, 1.165) is 31.9 Å². The summed E-state index contributed by atoms with van der Waals surface area (Å²) in [6, 6.07) is 2.42. The van der Waals surface area contributed by atoms with Gasteiger partial charge in [0.25, 0.3) is 0 Å². The third-order valence-corrected chi connectivity index (χ3v) is 4.28. The van der Waals surface area contributed by atoms with E-state index in [1.54, 1.807) is 0 Å². The second-order valence-corrected chi connectivity index (χ2v) is 6.82. The van der Waals surface area contributed by atoms with E-state index in [1.807, 2.05) is 13.1 Å². The molecule has 0 radical (unpaired) electrons. The number of likely N-dealkylation sites (N-methyl/N-ethyl adjacent to an activating group) is 1. The lowest BCUT2D eigenvalue weighted by atomic mass is 9.99. The van der Waals surface area contributed by atoms with Crippen LogP contribution in [-0.4, -0.2) is 48.1 Å². The third kappa shape index (κ3) is 3.30. The summed E-state index contributed by atoms with van der Waals surface area (Å²) in [5, 5.41) is 0. The van der Waals surface area contributed by atoms with Crippen LogP contribution in [0.1, 0.15) is 31.9 Å². The molecule has 0 saturated carbocycles. The predicted molar refractivity (Wildman–Crippen MR) is 85.2 cm³/mol. The number of anilines is 1. The van der Waals surface area contributed by atoms with Crippen LogP contribution in [0.5, 0.6) is 0 Å². The summed E-state index contributed by atoms with van der Waals surface area (Å²) in [5.41, 5.74) is 8.54. The van der Waals surface area contributed by atoms with Gasteiger partial charge in [-0.3, -0.25) is 4.90 Å². The zero-order valence-corrected chi connectivity index (χ0v) is 13.5. The molecule has 1 aliphatic heterocycles. The Hall–Kier alpha value is -1.13. The van der Waals surface area contributed by atoms with E-state index >= 15 is 0 Å². The highest BCUT2D eigenvalue weighted by Crippen LogP contribution is 2.25. The van der Waals surface area contributed by atoms with Crippen LogP contribution in [0.2, 0.25) is 0 Å². The monoisotopic (exact) mass is 276 g/mol. The van der Waals surface area contributed by atoms with Crippen molar-refractivity contribution in [2.24, 2.45) is 5.73 Å². The molecular formula is C16H28N4. The van der Waals surface area contributed by atoms with Gasteiger partial charge in [-0.2, -0.15) is 0 Å². The van der Waals surface area contributed by atoms with Gasteiger partial charge >= 0.3 is 0 Å². The molecule has 1 aromatic heterocycles. The van der Waals surface area contributed by atoms with Crippen molar-refractivity contribution >= 4 is 5.82 Å². The van der Waals surface area contributed by atoms with Crippen LogP contribution in [0, 0.1) is 6.92 Å². The molecule has 1 aromatic rings. The van der Waals surface area contributed by atoms with Crippen molar-refractivity contribution in [1.29, 1.82) is 0 Å². The van der Waals surface area contributed by atoms with E-state index in [-0.39, 0.29) is 11.6 Å². The Morgan fingerprint density at radius 1 is 1.40 bits per heavy atom. The molecule has 1 atom stereocenters. The first-order valence-electron chi connectivity index (χ1n) is 7.47. The minimum atomic E-state index is 0.185. The van der Waals surface area contributed by atoms with E-state index < -0.39 is 0 Å². The first-order chi connectivity index (χ1) is 9.29. The molecule has 0 amide bonds. The second-order valence-electron chi connectivity index (χ2n) is 6.82. The molecule has 2 N–H and O–H groups in total. The number of hydrogen-bond donors (Lipinski definition) is 1. The Balaban J connectivity index is 2.17. The molecule has 1 aliphatic rings. The van der Waals surface area contributed by atoms with Gasteiger partial charge in [0.05, 0.1) is 0 Å². The van der Waals surface area contributed by atoms with Gasteiger partial charge in [0, 0.05) is 37.4 Å². The topological polar surface area (TPSA) is 45.4 Å². The number of nitrogens with zero attached hydrogens (tertiary/aromatic N) is 3. The molecule has 0 aliphatic carbocycles. The summed E-state index contributed by atoms with van der Waals surface area (Å²) >= 11 is 0. The lowest BCUT2D eigenvalue weighted by Gasteiger charge is -2.46. The maximum Gasteiger partial charge on any atom is 0.131 e. The molecular weight excluding hydrogens is 248 g/mol. The molecule has 2 rings (SSSR count). The average molecular weight is 276 g/mol. The summed E-state index contributed by atoms with van der Waals surface area (Å²) in [5.74, 6) is 1.12. The molecule has 0 aromatic carbocycles. The van der Waals surface area contributed by atoms with E-state index in [0.29, 0.717) is 0 Å². The molecule has 1 fully saturated rings. The number of aryl methyl sites for hydroxylation is 1. The standard InChI is InChI=1S/C16H28N4/c1-12-8-14(9-13(2)17)10-18-15(12)20-7-6-19(5)16(3,4)11-20/h8,10,13H,6-7,9,11,17H2,1-5H3. The maximum atomic E-state index is 5.86. The number of nitrogens with two attached hydrogens (primary N) is 1. The van der Waals surface area contributed by atoms with Gasteiger partial charge in [0.1, 0.15) is 5.82 Å². The van der Waals surface area contributed by atoms with Crippen molar-refractivity contribution < 1.29 is 0 Å². The minimum absolute atomic E-state index is 0.185. The van der Waals surface area contributed by atoms with Gasteiger partial charge in [0.2, 0.25) is 0 Å². The summed E-state index contributed by atoms with van der Waals surface area (Å²) in [7, 11) is 2.20. The van der Waals surface area contributed by atoms with Crippen LogP contribution in [-0.2, 0) is 6.42 Å². The van der Waals surface area contributed by atoms with Gasteiger partial charge in [0.15, 0.2) is 0 Å². The zero-order chi connectivity index (χ0) is 14.9. The van der Waals surface area contributed by atoms with E-state index in [9.17, 15) is 0 Å². The van der Waals surface area contributed by atoms with E-state index in [4.69, 9.17) is 10.7 Å². The summed E-state index contributed by atoms with van der Waals surface area (Å²) in [4.78, 5) is 9.53. The number of aromatic nitrogens is 1. The lowest BCUT2D eigenvalue weighted by Crippen LogP contribution is -2.58. The molecule has 112 valence electrons. The van der Waals surface area contributed by atoms with Gasteiger partial charge in [-0.25, -0.2) is 4.98 Å². The molecule has 20 heavy (non-hydrogen) atoms. The Bertz CT molecular complexity index is 468. The number of hydrogen-bond acceptors (Lipinski definition) is 4. The van der Waals surface area contributed by atoms with Crippen LogP contribution < -0.4 is 10.6 Å². The number of pyridine rings is 1. The Morgan fingerprint density at radius 2 is 2.10 bits per heavy atom. The van der Waals surface area contributed by atoms with E-state index in [1.165, 1.54) is 11.1 Å². The summed E-state index contributed by atoms with van der Waals surface area (Å²) in [6.07, 6.45) is 2.87. The maximum absolute atomic E-state index is 5.86. The Labute approximate surface area is 123 Å². The lowest BCUT2D eigenvalue weighted by molar-refractivity contribution is 0.138. The minimum Gasteiger partial charge on any atom is -0.353 e. The van der Waals surface area contributed by atoms with Crippen LogP contribution in [0.3, 0.4) is 0 Å². The first kappa shape index (κ1) is 15.3. The highest BCUT2D eigenvalue weighted by molar-refractivity contribution is 5.48. The third-order valence-electron chi connectivity index (χ3n) is 4.28. The van der Waals surface area contributed by atoms with Crippen LogP contribution in [0.15, 0.2) is 12.3 Å². The van der Waals surface area contributed by atoms with Crippen LogP contribution in [0.25, 0.3) is 0 Å². The normalized spacial score (nSPS) is 21.0. The highest BCUT2D eigenvalue weighted by atomic mass is 15.3. The molecule has 4 heteroatoms. The summed E-state index contributed by atoms with van der Waals surface area (Å²) < 4.78 is 0. The van der Waals surface area contributed by atoms with Gasteiger partial charge in [-0.15, -0.1) is 0 Å². The van der Waals surface area contributed by atoms with E-state index in [2.05, 4.69) is 43.7 Å². The van der Waals surface area contributed by atoms with Crippen molar-refractivity contribution in [1.82, 2.24) is 9.88 Å². The smallest absolute Gasteiger partial charge is 0.131 e. The average Bonchev–Trinajstić information content (AvgIpc) is 2.32. The van der Waals surface area contributed by atoms with Crippen molar-refractivity contribution in [3.63, 3.8) is 0 Å². The molecule has 1 unspecified atom stereocenters. The van der Waals surface area contributed by atoms with Crippen molar-refractivity contribution in [3.8, 4) is 0 Å². The van der Waals surface area contributed by atoms with Gasteiger partial charge < -0.3 is 10.6 Å². The quantitative estimate of drug-likeness (QED) is 0.914. The van der Waals surface area contributed by atoms with Gasteiger partial charge in [-0.1, -0.05) is 6.07 Å². The fourth-order valence-corrected chi connectivity index (χ4v) is 2.86. The zero-order valence-electron chi connectivity index (χ0n) is 13.5. The SMILES string of the molecule is Cc1cc(CC(C)N)cnc1N1CCN(C)C(C)(C)C1. The Morgan fingerprint density at radius 3 is 2.65 bits per heavy atom.